The molecule has 0 aromatic heterocycles. The van der Waals surface area contributed by atoms with Crippen molar-refractivity contribution in [1.29, 1.82) is 5.26 Å². The van der Waals surface area contributed by atoms with Crippen molar-refractivity contribution in [3.8, 4) is 6.07 Å². The van der Waals surface area contributed by atoms with Gasteiger partial charge in [-0.25, -0.2) is 4.39 Å². The number of nitrogens with one attached hydrogen (secondary N) is 1. The molecule has 2 aromatic carbocycles. The SMILES string of the molecule is CC(CNC(=O)C(C)N1CCN(c2ccc(C#N)cc2F)CC1)c1ccccc1. The van der Waals surface area contributed by atoms with Crippen molar-refractivity contribution < 1.29 is 9.18 Å². The molecule has 2 unspecified atom stereocenters. The van der Waals surface area contributed by atoms with E-state index in [0.717, 1.165) is 0 Å². The maximum atomic E-state index is 14.3. The summed E-state index contributed by atoms with van der Waals surface area (Å²) in [7, 11) is 0. The fourth-order valence-electron chi connectivity index (χ4n) is 3.65. The summed E-state index contributed by atoms with van der Waals surface area (Å²) >= 11 is 0. The Morgan fingerprint density at radius 3 is 2.45 bits per heavy atom. The molecule has 0 saturated carbocycles. The highest BCUT2D eigenvalue weighted by Crippen LogP contribution is 2.22. The first kappa shape index (κ1) is 20.8. The first-order chi connectivity index (χ1) is 14.0. The van der Waals surface area contributed by atoms with Crippen LogP contribution in [0.4, 0.5) is 10.1 Å². The Morgan fingerprint density at radius 1 is 1.14 bits per heavy atom. The lowest BCUT2D eigenvalue weighted by atomic mass is 10.0. The van der Waals surface area contributed by atoms with Gasteiger partial charge in [-0.1, -0.05) is 37.3 Å². The van der Waals surface area contributed by atoms with Gasteiger partial charge in [0.25, 0.3) is 0 Å². The first-order valence-corrected chi connectivity index (χ1v) is 10.0. The van der Waals surface area contributed by atoms with E-state index in [1.807, 2.05) is 36.1 Å². The van der Waals surface area contributed by atoms with Crippen LogP contribution in [0.5, 0.6) is 0 Å². The van der Waals surface area contributed by atoms with Gasteiger partial charge in [0.2, 0.25) is 5.91 Å². The van der Waals surface area contributed by atoms with Crippen molar-refractivity contribution in [1.82, 2.24) is 10.2 Å². The van der Waals surface area contributed by atoms with Crippen molar-refractivity contribution >= 4 is 11.6 Å². The van der Waals surface area contributed by atoms with Gasteiger partial charge in [0.05, 0.1) is 23.4 Å². The van der Waals surface area contributed by atoms with Crippen LogP contribution in [0.25, 0.3) is 0 Å². The summed E-state index contributed by atoms with van der Waals surface area (Å²) in [6, 6.07) is 16.4. The Balaban J connectivity index is 1.50. The van der Waals surface area contributed by atoms with Crippen molar-refractivity contribution in [2.24, 2.45) is 0 Å². The molecule has 1 fully saturated rings. The van der Waals surface area contributed by atoms with E-state index >= 15 is 0 Å². The van der Waals surface area contributed by atoms with Crippen LogP contribution in [0.2, 0.25) is 0 Å². The third-order valence-electron chi connectivity index (χ3n) is 5.61. The smallest absolute Gasteiger partial charge is 0.237 e. The first-order valence-electron chi connectivity index (χ1n) is 10.0. The highest BCUT2D eigenvalue weighted by atomic mass is 19.1. The van der Waals surface area contributed by atoms with Gasteiger partial charge in [-0.3, -0.25) is 9.69 Å². The molecule has 2 atom stereocenters. The largest absolute Gasteiger partial charge is 0.367 e. The lowest BCUT2D eigenvalue weighted by Gasteiger charge is -2.38. The third kappa shape index (κ3) is 5.12. The molecule has 0 radical (unpaired) electrons. The topological polar surface area (TPSA) is 59.4 Å². The van der Waals surface area contributed by atoms with Gasteiger partial charge in [-0.05, 0) is 36.6 Å². The predicted octanol–water partition coefficient (Wildman–Crippen LogP) is 3.13. The normalized spacial score (nSPS) is 16.7. The second kappa shape index (κ2) is 9.53. The van der Waals surface area contributed by atoms with Gasteiger partial charge >= 0.3 is 0 Å². The number of amides is 1. The predicted molar refractivity (Wildman–Crippen MR) is 112 cm³/mol. The highest BCUT2D eigenvalue weighted by Gasteiger charge is 2.26. The molecule has 6 heteroatoms. The molecule has 1 aliphatic rings. The Bertz CT molecular complexity index is 872. The van der Waals surface area contributed by atoms with Crippen LogP contribution in [0.15, 0.2) is 48.5 Å². The zero-order valence-electron chi connectivity index (χ0n) is 16.9. The van der Waals surface area contributed by atoms with Gasteiger partial charge in [0.15, 0.2) is 0 Å². The standard InChI is InChI=1S/C23H27FN4O/c1-17(20-6-4-3-5-7-20)16-26-23(29)18(2)27-10-12-28(13-11-27)22-9-8-19(15-25)14-21(22)24/h3-9,14,17-18H,10-13,16H2,1-2H3,(H,26,29). The Labute approximate surface area is 171 Å². The number of hydrogen-bond acceptors (Lipinski definition) is 4. The third-order valence-corrected chi connectivity index (χ3v) is 5.61. The summed E-state index contributed by atoms with van der Waals surface area (Å²) in [4.78, 5) is 16.7. The van der Waals surface area contributed by atoms with E-state index < -0.39 is 0 Å². The van der Waals surface area contributed by atoms with Crippen LogP contribution in [-0.2, 0) is 4.79 Å². The lowest BCUT2D eigenvalue weighted by Crippen LogP contribution is -2.54. The van der Waals surface area contributed by atoms with Crippen LogP contribution >= 0.6 is 0 Å². The van der Waals surface area contributed by atoms with Crippen LogP contribution < -0.4 is 10.2 Å². The van der Waals surface area contributed by atoms with Crippen molar-refractivity contribution in [2.45, 2.75) is 25.8 Å². The molecule has 0 bridgehead atoms. The number of halogens is 1. The summed E-state index contributed by atoms with van der Waals surface area (Å²) in [6.07, 6.45) is 0. The highest BCUT2D eigenvalue weighted by molar-refractivity contribution is 5.81. The second-order valence-corrected chi connectivity index (χ2v) is 7.53. The average molecular weight is 394 g/mol. The number of benzene rings is 2. The van der Waals surface area contributed by atoms with E-state index in [1.54, 1.807) is 12.1 Å². The fourth-order valence-corrected chi connectivity index (χ4v) is 3.65. The van der Waals surface area contributed by atoms with Crippen LogP contribution in [0.1, 0.15) is 30.9 Å². The van der Waals surface area contributed by atoms with E-state index in [0.29, 0.717) is 44.0 Å². The second-order valence-electron chi connectivity index (χ2n) is 7.53. The molecule has 2 aromatic rings. The van der Waals surface area contributed by atoms with E-state index in [4.69, 9.17) is 5.26 Å². The maximum absolute atomic E-state index is 14.3. The summed E-state index contributed by atoms with van der Waals surface area (Å²) in [5.41, 5.74) is 2.04. The van der Waals surface area contributed by atoms with Crippen molar-refractivity contribution in [3.05, 3.63) is 65.5 Å². The van der Waals surface area contributed by atoms with Gasteiger partial charge in [-0.2, -0.15) is 5.26 Å². The molecular formula is C23H27FN4O. The number of anilines is 1. The average Bonchev–Trinajstić information content (AvgIpc) is 2.77. The quantitative estimate of drug-likeness (QED) is 0.818. The number of carbonyl (C=O) groups excluding carboxylic acids is 1. The molecule has 0 spiro atoms. The minimum Gasteiger partial charge on any atom is -0.367 e. The molecule has 5 nitrogen and oxygen atoms in total. The molecule has 1 amide bonds. The van der Waals surface area contributed by atoms with E-state index in [2.05, 4.69) is 29.3 Å². The van der Waals surface area contributed by atoms with Crippen LogP contribution in [0.3, 0.4) is 0 Å². The van der Waals surface area contributed by atoms with E-state index in [1.165, 1.54) is 11.6 Å². The Morgan fingerprint density at radius 2 is 1.83 bits per heavy atom. The van der Waals surface area contributed by atoms with Gasteiger partial charge in [-0.15, -0.1) is 0 Å². The van der Waals surface area contributed by atoms with E-state index in [-0.39, 0.29) is 23.7 Å². The molecule has 152 valence electrons. The minimum absolute atomic E-state index is 0.0192. The monoisotopic (exact) mass is 394 g/mol. The number of nitrogens with zero attached hydrogens (tertiary/aromatic N) is 3. The lowest BCUT2D eigenvalue weighted by molar-refractivity contribution is -0.126. The molecule has 3 rings (SSSR count). The number of nitriles is 1. The number of piperazine rings is 1. The molecule has 1 saturated heterocycles. The van der Waals surface area contributed by atoms with Crippen LogP contribution in [-0.4, -0.2) is 49.6 Å². The zero-order valence-corrected chi connectivity index (χ0v) is 16.9. The summed E-state index contributed by atoms with van der Waals surface area (Å²) < 4.78 is 14.3. The minimum atomic E-state index is -0.377. The molecule has 1 N–H and O–H groups in total. The summed E-state index contributed by atoms with van der Waals surface area (Å²) in [6.45, 7) is 7.27. The van der Waals surface area contributed by atoms with Gasteiger partial charge in [0.1, 0.15) is 5.82 Å². The number of hydrogen-bond donors (Lipinski definition) is 1. The number of rotatable bonds is 6. The number of carbonyl (C=O) groups is 1. The van der Waals surface area contributed by atoms with Crippen molar-refractivity contribution in [2.75, 3.05) is 37.6 Å². The summed E-state index contributed by atoms with van der Waals surface area (Å²) in [5.74, 6) is -0.104. The van der Waals surface area contributed by atoms with Crippen molar-refractivity contribution in [3.63, 3.8) is 0 Å². The Hall–Kier alpha value is -2.91. The molecule has 1 aliphatic heterocycles. The maximum Gasteiger partial charge on any atom is 0.237 e. The zero-order chi connectivity index (χ0) is 20.8. The molecule has 0 aliphatic carbocycles. The van der Waals surface area contributed by atoms with Gasteiger partial charge < -0.3 is 10.2 Å². The van der Waals surface area contributed by atoms with Crippen LogP contribution in [0, 0.1) is 17.1 Å². The fraction of sp³-hybridized carbons (Fsp3) is 0.391. The Kier molecular flexibility index (Phi) is 6.84. The molecule has 29 heavy (non-hydrogen) atoms. The molecular weight excluding hydrogens is 367 g/mol. The molecule has 1 heterocycles. The van der Waals surface area contributed by atoms with Gasteiger partial charge in [0, 0.05) is 32.7 Å². The van der Waals surface area contributed by atoms with E-state index in [9.17, 15) is 9.18 Å². The summed E-state index contributed by atoms with van der Waals surface area (Å²) in [5, 5.41) is 11.9.